The van der Waals surface area contributed by atoms with Crippen molar-refractivity contribution in [1.82, 2.24) is 14.8 Å². The van der Waals surface area contributed by atoms with Gasteiger partial charge in [0.15, 0.2) is 5.09 Å². The fraction of sp³-hybridized carbons (Fsp3) is 0.147. The number of benzene rings is 4. The maximum absolute atomic E-state index is 6.09. The summed E-state index contributed by atoms with van der Waals surface area (Å²) in [5, 5.41) is 13.1. The van der Waals surface area contributed by atoms with Gasteiger partial charge in [0.05, 0.1) is 11.9 Å². The van der Waals surface area contributed by atoms with E-state index < -0.39 is 0 Å². The third kappa shape index (κ3) is 5.92. The molecule has 0 unspecified atom stereocenters. The van der Waals surface area contributed by atoms with Crippen LogP contribution in [0.3, 0.4) is 0 Å². The molecule has 6 heteroatoms. The zero-order valence-corrected chi connectivity index (χ0v) is 23.2. The van der Waals surface area contributed by atoms with Crippen LogP contribution in [0.4, 0.5) is 5.69 Å². The van der Waals surface area contributed by atoms with Gasteiger partial charge in [-0.1, -0.05) is 86.1 Å². The maximum Gasteiger partial charge on any atom is 0.203 e. The number of nitrogens with zero attached hydrogens (tertiary/aromatic N) is 4. The van der Waals surface area contributed by atoms with E-state index in [-0.39, 0.29) is 0 Å². The summed E-state index contributed by atoms with van der Waals surface area (Å²) in [6.45, 7) is 2.21. The summed E-state index contributed by atoms with van der Waals surface area (Å²) < 4.78 is 8.21. The SMILES string of the molecule is CCCCc1ccc(N=Cc2ccc(Sc3nnc(Cc4cccc5ccccc45)n3-c3ccccc3)o2)cc1. The quantitative estimate of drug-likeness (QED) is 0.162. The molecule has 6 aromatic rings. The molecule has 0 radical (unpaired) electrons. The predicted octanol–water partition coefficient (Wildman–Crippen LogP) is 8.85. The smallest absolute Gasteiger partial charge is 0.203 e. The van der Waals surface area contributed by atoms with Crippen molar-refractivity contribution < 1.29 is 4.42 Å². The van der Waals surface area contributed by atoms with Crippen molar-refractivity contribution in [3.05, 3.63) is 132 Å². The van der Waals surface area contributed by atoms with E-state index in [0.717, 1.165) is 33.9 Å². The number of rotatable bonds is 10. The Hall–Kier alpha value is -4.42. The first-order valence-corrected chi connectivity index (χ1v) is 14.5. The predicted molar refractivity (Wildman–Crippen MR) is 163 cm³/mol. The average molecular weight is 543 g/mol. The minimum atomic E-state index is 0.664. The van der Waals surface area contributed by atoms with Crippen molar-refractivity contribution in [2.24, 2.45) is 4.99 Å². The van der Waals surface area contributed by atoms with Crippen LogP contribution < -0.4 is 0 Å². The van der Waals surface area contributed by atoms with Crippen LogP contribution in [-0.2, 0) is 12.8 Å². The number of aliphatic imine (C=N–C) groups is 1. The Morgan fingerprint density at radius 3 is 2.48 bits per heavy atom. The molecule has 0 fully saturated rings. The Balaban J connectivity index is 1.24. The summed E-state index contributed by atoms with van der Waals surface area (Å²) in [6.07, 6.45) is 5.94. The van der Waals surface area contributed by atoms with Crippen LogP contribution >= 0.6 is 11.8 Å². The van der Waals surface area contributed by atoms with Crippen LogP contribution in [0.15, 0.2) is 129 Å². The lowest BCUT2D eigenvalue weighted by molar-refractivity contribution is 0.468. The second-order valence-electron chi connectivity index (χ2n) is 9.67. The summed E-state index contributed by atoms with van der Waals surface area (Å²) in [5.74, 6) is 1.57. The van der Waals surface area contributed by atoms with Gasteiger partial charge >= 0.3 is 0 Å². The lowest BCUT2D eigenvalue weighted by atomic mass is 10.0. The van der Waals surface area contributed by atoms with Crippen molar-refractivity contribution >= 4 is 34.4 Å². The normalized spacial score (nSPS) is 11.5. The highest BCUT2D eigenvalue weighted by atomic mass is 32.2. The van der Waals surface area contributed by atoms with Crippen molar-refractivity contribution in [2.45, 2.75) is 42.9 Å². The maximum atomic E-state index is 6.09. The molecular weight excluding hydrogens is 512 g/mol. The number of aryl methyl sites for hydroxylation is 1. The lowest BCUT2D eigenvalue weighted by Gasteiger charge is -2.11. The first kappa shape index (κ1) is 25.8. The second-order valence-corrected chi connectivity index (χ2v) is 10.6. The third-order valence-electron chi connectivity index (χ3n) is 6.83. The van der Waals surface area contributed by atoms with Crippen molar-refractivity contribution in [3.63, 3.8) is 0 Å². The van der Waals surface area contributed by atoms with Gasteiger partial charge in [0, 0.05) is 12.1 Å². The molecular formula is C34H30N4OS. The van der Waals surface area contributed by atoms with Crippen LogP contribution in [0.2, 0.25) is 0 Å². The molecule has 0 N–H and O–H groups in total. The molecule has 0 atom stereocenters. The standard InChI is InChI=1S/C34H30N4OS/c1-2-3-10-25-17-19-28(20-18-25)35-24-30-21-22-33(39-30)40-34-37-36-32(38(34)29-14-5-4-6-15-29)23-27-13-9-12-26-11-7-8-16-31(26)27/h4-9,11-22,24H,2-3,10,23H2,1H3. The van der Waals surface area contributed by atoms with Crippen LogP contribution in [0.5, 0.6) is 0 Å². The monoisotopic (exact) mass is 542 g/mol. The largest absolute Gasteiger partial charge is 0.448 e. The average Bonchev–Trinajstić information content (AvgIpc) is 3.63. The summed E-state index contributed by atoms with van der Waals surface area (Å²) in [6, 6.07) is 37.4. The Morgan fingerprint density at radius 1 is 0.825 bits per heavy atom. The summed E-state index contributed by atoms with van der Waals surface area (Å²) in [7, 11) is 0. The number of unbranched alkanes of at least 4 members (excludes halogenated alkanes) is 1. The van der Waals surface area contributed by atoms with Gasteiger partial charge in [0.25, 0.3) is 0 Å². The molecule has 0 aliphatic rings. The molecule has 0 aliphatic carbocycles. The van der Waals surface area contributed by atoms with Gasteiger partial charge in [-0.2, -0.15) is 0 Å². The van der Waals surface area contributed by atoms with Crippen molar-refractivity contribution in [2.75, 3.05) is 0 Å². The highest BCUT2D eigenvalue weighted by Gasteiger charge is 2.18. The highest BCUT2D eigenvalue weighted by Crippen LogP contribution is 2.31. The second kappa shape index (κ2) is 12.2. The first-order valence-electron chi connectivity index (χ1n) is 13.6. The topological polar surface area (TPSA) is 56.2 Å². The molecule has 0 amide bonds. The zero-order chi connectivity index (χ0) is 27.1. The summed E-state index contributed by atoms with van der Waals surface area (Å²) >= 11 is 1.46. The number of fused-ring (bicyclic) bond motifs is 1. The van der Waals surface area contributed by atoms with Crippen LogP contribution in [-0.4, -0.2) is 21.0 Å². The molecule has 40 heavy (non-hydrogen) atoms. The Morgan fingerprint density at radius 2 is 1.62 bits per heavy atom. The molecule has 2 aromatic heterocycles. The minimum Gasteiger partial charge on any atom is -0.448 e. The molecule has 0 aliphatic heterocycles. The molecule has 6 rings (SSSR count). The van der Waals surface area contributed by atoms with Gasteiger partial charge < -0.3 is 4.42 Å². The summed E-state index contributed by atoms with van der Waals surface area (Å²) in [5.41, 5.74) is 4.49. The third-order valence-corrected chi connectivity index (χ3v) is 7.70. The van der Waals surface area contributed by atoms with E-state index in [9.17, 15) is 0 Å². The van der Waals surface area contributed by atoms with Gasteiger partial charge in [-0.25, -0.2) is 0 Å². The zero-order valence-electron chi connectivity index (χ0n) is 22.4. The van der Waals surface area contributed by atoms with E-state index in [1.807, 2.05) is 30.3 Å². The van der Waals surface area contributed by atoms with E-state index in [0.29, 0.717) is 12.2 Å². The highest BCUT2D eigenvalue weighted by molar-refractivity contribution is 7.99. The molecule has 5 nitrogen and oxygen atoms in total. The van der Waals surface area contributed by atoms with Crippen LogP contribution in [0.1, 0.15) is 42.5 Å². The molecule has 0 saturated carbocycles. The van der Waals surface area contributed by atoms with E-state index in [1.54, 1.807) is 6.21 Å². The number of aromatic nitrogens is 3. The minimum absolute atomic E-state index is 0.664. The van der Waals surface area contributed by atoms with Gasteiger partial charge in [0.1, 0.15) is 11.6 Å². The number of hydrogen-bond donors (Lipinski definition) is 0. The van der Waals surface area contributed by atoms with E-state index in [2.05, 4.69) is 106 Å². The van der Waals surface area contributed by atoms with E-state index in [1.165, 1.54) is 46.5 Å². The van der Waals surface area contributed by atoms with Crippen LogP contribution in [0.25, 0.3) is 16.5 Å². The van der Waals surface area contributed by atoms with Crippen molar-refractivity contribution in [1.29, 1.82) is 0 Å². The fourth-order valence-corrected chi connectivity index (χ4v) is 5.59. The molecule has 0 bridgehead atoms. The van der Waals surface area contributed by atoms with E-state index in [4.69, 9.17) is 4.42 Å². The van der Waals surface area contributed by atoms with Gasteiger partial charge in [0.2, 0.25) is 5.16 Å². The van der Waals surface area contributed by atoms with Gasteiger partial charge in [-0.15, -0.1) is 10.2 Å². The molecule has 198 valence electrons. The number of para-hydroxylation sites is 1. The molecule has 2 heterocycles. The first-order chi connectivity index (χ1) is 19.8. The van der Waals surface area contributed by atoms with E-state index >= 15 is 0 Å². The molecule has 0 saturated heterocycles. The van der Waals surface area contributed by atoms with Gasteiger partial charge in [-0.05, 0) is 82.9 Å². The summed E-state index contributed by atoms with van der Waals surface area (Å²) in [4.78, 5) is 4.60. The fourth-order valence-electron chi connectivity index (χ4n) is 4.75. The molecule has 0 spiro atoms. The Labute approximate surface area is 238 Å². The molecule has 4 aromatic carbocycles. The Bertz CT molecular complexity index is 1730. The number of hydrogen-bond acceptors (Lipinski definition) is 5. The lowest BCUT2D eigenvalue weighted by Crippen LogP contribution is -2.04. The van der Waals surface area contributed by atoms with Crippen molar-refractivity contribution in [3.8, 4) is 5.69 Å². The Kier molecular flexibility index (Phi) is 7.87. The van der Waals surface area contributed by atoms with Gasteiger partial charge in [-0.3, -0.25) is 9.56 Å². The van der Waals surface area contributed by atoms with Crippen LogP contribution in [0, 0.1) is 0 Å². The number of furan rings is 1.